The molecule has 2 N–H and O–H groups in total. The second-order valence-corrected chi connectivity index (χ2v) is 6.91. The predicted molar refractivity (Wildman–Crippen MR) is 122 cm³/mol. The Morgan fingerprint density at radius 2 is 1.55 bits per heavy atom. The second-order valence-electron chi connectivity index (χ2n) is 6.91. The van der Waals surface area contributed by atoms with Gasteiger partial charge in [-0.05, 0) is 43.8 Å². The highest BCUT2D eigenvalue weighted by atomic mass is 16.6. The molecule has 0 fully saturated rings. The molecule has 1 aliphatic rings. The minimum Gasteiger partial charge on any atom is -0.461 e. The fourth-order valence-corrected chi connectivity index (χ4v) is 3.33. The highest BCUT2D eigenvalue weighted by Crippen LogP contribution is 2.38. The van der Waals surface area contributed by atoms with Gasteiger partial charge in [0.2, 0.25) is 5.54 Å². The van der Waals surface area contributed by atoms with E-state index < -0.39 is 17.5 Å². The average molecular weight is 450 g/mol. The number of rotatable bonds is 4. The Bertz CT molecular complexity index is 1010. The third kappa shape index (κ3) is 5.49. The van der Waals surface area contributed by atoms with E-state index >= 15 is 0 Å². The quantitative estimate of drug-likeness (QED) is 0.415. The van der Waals surface area contributed by atoms with Crippen LogP contribution in [0.2, 0.25) is 0 Å². The number of hydrogen-bond acceptors (Lipinski definition) is 8. The molecule has 0 amide bonds. The van der Waals surface area contributed by atoms with Crippen LogP contribution in [0, 0.1) is 0 Å². The van der Waals surface area contributed by atoms with E-state index in [0.717, 1.165) is 12.5 Å². The summed E-state index contributed by atoms with van der Waals surface area (Å²) in [6.45, 7) is 8.38. The normalized spacial score (nSPS) is 16.6. The van der Waals surface area contributed by atoms with Crippen LogP contribution >= 0.6 is 0 Å². The molecule has 8 heteroatoms. The van der Waals surface area contributed by atoms with Gasteiger partial charge >= 0.3 is 11.9 Å². The van der Waals surface area contributed by atoms with Crippen LogP contribution < -0.4 is 20.1 Å². The van der Waals surface area contributed by atoms with Crippen LogP contribution in [-0.2, 0) is 24.6 Å². The van der Waals surface area contributed by atoms with Gasteiger partial charge in [0.1, 0.15) is 5.75 Å². The lowest BCUT2D eigenvalue weighted by atomic mass is 9.88. The van der Waals surface area contributed by atoms with Crippen molar-refractivity contribution in [3.63, 3.8) is 0 Å². The van der Waals surface area contributed by atoms with Crippen molar-refractivity contribution < 1.29 is 28.5 Å². The molecule has 1 aliphatic heterocycles. The smallest absolute Gasteiger partial charge is 0.347 e. The van der Waals surface area contributed by atoms with E-state index in [2.05, 4.69) is 23.8 Å². The van der Waals surface area contributed by atoms with Crippen molar-refractivity contribution in [2.24, 2.45) is 0 Å². The molecule has 2 aromatic rings. The highest BCUT2D eigenvalue weighted by molar-refractivity contribution is 6.06. The van der Waals surface area contributed by atoms with Crippen molar-refractivity contribution in [3.05, 3.63) is 92.1 Å². The number of hydrogen-bond donors (Lipinski definition) is 2. The van der Waals surface area contributed by atoms with Crippen LogP contribution in [0.1, 0.15) is 12.0 Å². The summed E-state index contributed by atoms with van der Waals surface area (Å²) >= 11 is 0. The van der Waals surface area contributed by atoms with Gasteiger partial charge in [-0.3, -0.25) is 5.32 Å². The maximum absolute atomic E-state index is 13.2. The number of carbonyl (C=O) groups excluding carboxylic acids is 2. The van der Waals surface area contributed by atoms with Crippen LogP contribution in [0.15, 0.2) is 86.6 Å². The summed E-state index contributed by atoms with van der Waals surface area (Å²) in [6, 6.07) is 13.7. The zero-order chi connectivity index (χ0) is 23.5. The molecule has 0 aromatic heterocycles. The van der Waals surface area contributed by atoms with Crippen LogP contribution in [0.25, 0.3) is 0 Å². The number of ether oxygens (including phenoxy) is 4. The van der Waals surface area contributed by atoms with E-state index in [1.54, 1.807) is 48.7 Å². The number of para-hydroxylation sites is 3. The maximum Gasteiger partial charge on any atom is 0.347 e. The van der Waals surface area contributed by atoms with Gasteiger partial charge in [-0.15, -0.1) is 0 Å². The maximum atomic E-state index is 13.2. The standard InChI is InChI=1S/C25H26N2O6/c1-3-30-23(28)25(24(29)31-4-2)19-11-5-6-12-20(19)33-22-14-8-7-13-21(22)32-18-10-16-26-15-9-17-27-25/h3-8,10-14,18,26-27H,1-2,9,15-17H2/b18-10-. The van der Waals surface area contributed by atoms with Gasteiger partial charge in [-0.25, -0.2) is 9.59 Å². The summed E-state index contributed by atoms with van der Waals surface area (Å²) in [7, 11) is 0. The monoisotopic (exact) mass is 450 g/mol. The first-order valence-corrected chi connectivity index (χ1v) is 10.4. The average Bonchev–Trinajstić information content (AvgIpc) is 2.82. The Balaban J connectivity index is 2.18. The zero-order valence-electron chi connectivity index (χ0n) is 18.1. The number of esters is 2. The van der Waals surface area contributed by atoms with E-state index in [0.29, 0.717) is 31.0 Å². The first kappa shape index (κ1) is 23.8. The first-order chi connectivity index (χ1) is 16.1. The van der Waals surface area contributed by atoms with Crippen molar-refractivity contribution in [1.82, 2.24) is 10.6 Å². The molecule has 1 heterocycles. The van der Waals surface area contributed by atoms with Crippen LogP contribution in [0.3, 0.4) is 0 Å². The number of benzene rings is 2. The van der Waals surface area contributed by atoms with Crippen molar-refractivity contribution in [3.8, 4) is 17.2 Å². The van der Waals surface area contributed by atoms with Crippen molar-refractivity contribution in [2.45, 2.75) is 12.0 Å². The van der Waals surface area contributed by atoms with Crippen LogP contribution in [0.4, 0.5) is 0 Å². The number of carbonyl (C=O) groups is 2. The summed E-state index contributed by atoms with van der Waals surface area (Å²) in [4.78, 5) is 26.5. The summed E-state index contributed by atoms with van der Waals surface area (Å²) in [5, 5.41) is 6.27. The Morgan fingerprint density at radius 1 is 0.909 bits per heavy atom. The first-order valence-electron chi connectivity index (χ1n) is 10.4. The molecule has 0 spiro atoms. The number of nitrogens with one attached hydrogen (secondary N) is 2. The molecule has 0 saturated heterocycles. The van der Waals surface area contributed by atoms with Crippen molar-refractivity contribution in [1.29, 1.82) is 0 Å². The topological polar surface area (TPSA) is 95.1 Å². The minimum absolute atomic E-state index is 0.205. The van der Waals surface area contributed by atoms with E-state index in [1.807, 2.05) is 12.1 Å². The van der Waals surface area contributed by atoms with Gasteiger partial charge in [0.15, 0.2) is 11.5 Å². The Morgan fingerprint density at radius 3 is 2.24 bits per heavy atom. The molecule has 0 unspecified atom stereocenters. The predicted octanol–water partition coefficient (Wildman–Crippen LogP) is 3.52. The molecule has 33 heavy (non-hydrogen) atoms. The molecule has 0 saturated carbocycles. The highest BCUT2D eigenvalue weighted by Gasteiger charge is 2.52. The summed E-state index contributed by atoms with van der Waals surface area (Å²) in [5.41, 5.74) is -1.83. The third-order valence-electron chi connectivity index (χ3n) is 4.83. The van der Waals surface area contributed by atoms with Gasteiger partial charge in [-0.2, -0.15) is 0 Å². The molecule has 0 radical (unpaired) electrons. The van der Waals surface area contributed by atoms with Gasteiger partial charge in [-0.1, -0.05) is 43.5 Å². The van der Waals surface area contributed by atoms with Gasteiger partial charge in [0, 0.05) is 12.1 Å². The molecule has 8 nitrogen and oxygen atoms in total. The summed E-state index contributed by atoms with van der Waals surface area (Å²) in [6.07, 6.45) is 5.93. The minimum atomic E-state index is -2.03. The Hall–Kier alpha value is -3.88. The van der Waals surface area contributed by atoms with E-state index in [1.165, 1.54) is 0 Å². The lowest BCUT2D eigenvalue weighted by Gasteiger charge is -2.31. The van der Waals surface area contributed by atoms with Gasteiger partial charge < -0.3 is 24.3 Å². The second kappa shape index (κ2) is 11.7. The van der Waals surface area contributed by atoms with E-state index in [9.17, 15) is 9.59 Å². The van der Waals surface area contributed by atoms with E-state index in [-0.39, 0.29) is 17.9 Å². The Kier molecular flexibility index (Phi) is 8.40. The van der Waals surface area contributed by atoms with Gasteiger partial charge in [0.25, 0.3) is 0 Å². The largest absolute Gasteiger partial charge is 0.461 e. The third-order valence-corrected chi connectivity index (χ3v) is 4.83. The molecule has 0 aliphatic carbocycles. The number of fused-ring (bicyclic) bond motifs is 2. The molecule has 2 aromatic carbocycles. The van der Waals surface area contributed by atoms with Crippen LogP contribution in [-0.4, -0.2) is 31.6 Å². The van der Waals surface area contributed by atoms with Crippen molar-refractivity contribution in [2.75, 3.05) is 19.6 Å². The molecule has 172 valence electrons. The SMILES string of the molecule is C=COC(=O)C1(C(=O)OC=C)NCCCNC/C=C\Oc2ccccc2Oc2ccccc21. The Labute approximate surface area is 192 Å². The molecule has 0 bridgehead atoms. The zero-order valence-corrected chi connectivity index (χ0v) is 18.1. The lowest BCUT2D eigenvalue weighted by Crippen LogP contribution is -2.56. The van der Waals surface area contributed by atoms with Crippen LogP contribution in [0.5, 0.6) is 17.2 Å². The fraction of sp³-hybridized carbons (Fsp3) is 0.200. The molecular formula is C25H26N2O6. The molecule has 0 atom stereocenters. The summed E-state index contributed by atoms with van der Waals surface area (Å²) < 4.78 is 22.1. The van der Waals surface area contributed by atoms with Gasteiger partial charge in [0.05, 0.1) is 18.8 Å². The lowest BCUT2D eigenvalue weighted by molar-refractivity contribution is -0.161. The molecule has 3 rings (SSSR count). The fourth-order valence-electron chi connectivity index (χ4n) is 3.33. The van der Waals surface area contributed by atoms with E-state index in [4.69, 9.17) is 18.9 Å². The van der Waals surface area contributed by atoms with Crippen molar-refractivity contribution >= 4 is 11.9 Å². The summed E-state index contributed by atoms with van der Waals surface area (Å²) in [5.74, 6) is -0.743. The molecular weight excluding hydrogens is 424 g/mol.